The van der Waals surface area contributed by atoms with Crippen LogP contribution in [0.25, 0.3) is 0 Å². The Morgan fingerprint density at radius 2 is 1.87 bits per heavy atom. The highest BCUT2D eigenvalue weighted by Crippen LogP contribution is 2.12. The minimum absolute atomic E-state index is 0.0359. The van der Waals surface area contributed by atoms with Crippen molar-refractivity contribution < 1.29 is 23.8 Å². The summed E-state index contributed by atoms with van der Waals surface area (Å²) >= 11 is 0. The van der Waals surface area contributed by atoms with Gasteiger partial charge in [-0.25, -0.2) is 4.39 Å². The fraction of sp³-hybridized carbons (Fsp3) is 0.500. The number of hydrogen-bond donors (Lipinski definition) is 4. The Kier molecular flexibility index (Phi) is 6.06. The maximum atomic E-state index is 13.6. The molecule has 1 atom stereocenters. The summed E-state index contributed by atoms with van der Waals surface area (Å²) < 4.78 is 13.6. The smallest absolute Gasteiger partial charge is 0.282 e. The van der Waals surface area contributed by atoms with E-state index < -0.39 is 5.82 Å². The zero-order valence-electron chi connectivity index (χ0n) is 13.6. The lowest BCUT2D eigenvalue weighted by atomic mass is 10.2. The zero-order valence-corrected chi connectivity index (χ0v) is 13.6. The molecule has 7 heteroatoms. The fourth-order valence-corrected chi connectivity index (χ4v) is 2.84. The van der Waals surface area contributed by atoms with Crippen LogP contribution in [0.1, 0.15) is 6.92 Å². The number of likely N-dealkylation sites (N-methyl/N-ethyl adjacent to an activating group) is 1. The predicted octanol–water partition coefficient (Wildman–Crippen LogP) is -2.32. The second-order valence-electron chi connectivity index (χ2n) is 5.95. The Labute approximate surface area is 135 Å². The van der Waals surface area contributed by atoms with E-state index in [0.29, 0.717) is 6.54 Å². The van der Waals surface area contributed by atoms with Gasteiger partial charge < -0.3 is 20.4 Å². The van der Waals surface area contributed by atoms with Crippen LogP contribution >= 0.6 is 0 Å². The van der Waals surface area contributed by atoms with Crippen molar-refractivity contribution in [1.29, 1.82) is 0 Å². The Hall–Kier alpha value is -1.99. The summed E-state index contributed by atoms with van der Waals surface area (Å²) in [5.74, 6) is -0.573. The number of para-hydroxylation sites is 1. The van der Waals surface area contributed by atoms with Crippen molar-refractivity contribution in [2.24, 2.45) is 0 Å². The molecule has 2 amide bonds. The van der Waals surface area contributed by atoms with Gasteiger partial charge in [0, 0.05) is 7.05 Å². The third kappa shape index (κ3) is 4.74. The molecule has 1 aromatic carbocycles. The summed E-state index contributed by atoms with van der Waals surface area (Å²) in [6, 6.07) is 5.91. The van der Waals surface area contributed by atoms with E-state index in [2.05, 4.69) is 10.6 Å². The number of benzene rings is 1. The van der Waals surface area contributed by atoms with Crippen LogP contribution in [0, 0.1) is 5.82 Å². The minimum atomic E-state index is -0.428. The molecule has 0 aromatic heterocycles. The SMILES string of the molecule is CNC(=O)C[NH+]1CC[NH+]([C@@H](C)C(=O)Nc2ccccc2F)CC1. The molecular weight excluding hydrogens is 299 g/mol. The number of carbonyl (C=O) groups is 2. The van der Waals surface area contributed by atoms with E-state index in [1.54, 1.807) is 25.2 Å². The molecule has 0 aliphatic carbocycles. The topological polar surface area (TPSA) is 67.1 Å². The van der Waals surface area contributed by atoms with Gasteiger partial charge in [0.1, 0.15) is 32.0 Å². The van der Waals surface area contributed by atoms with Crippen LogP contribution in [0.4, 0.5) is 10.1 Å². The molecule has 0 saturated carbocycles. The van der Waals surface area contributed by atoms with Gasteiger partial charge >= 0.3 is 0 Å². The molecule has 4 N–H and O–H groups in total. The van der Waals surface area contributed by atoms with Gasteiger partial charge in [0.25, 0.3) is 11.8 Å². The highest BCUT2D eigenvalue weighted by atomic mass is 19.1. The van der Waals surface area contributed by atoms with E-state index in [1.807, 2.05) is 6.92 Å². The van der Waals surface area contributed by atoms with Gasteiger partial charge in [-0.05, 0) is 19.1 Å². The largest absolute Gasteiger partial charge is 0.354 e. The standard InChI is InChI=1S/C16H23FN4O2/c1-12(16(23)19-14-6-4-3-5-13(14)17)21-9-7-20(8-10-21)11-15(22)18-2/h3-6,12H,7-11H2,1-2H3,(H,18,22)(H,19,23)/p+2/t12-/m0/s1. The van der Waals surface area contributed by atoms with Crippen LogP contribution in [-0.4, -0.2) is 57.6 Å². The van der Waals surface area contributed by atoms with Crippen LogP contribution in [0.3, 0.4) is 0 Å². The third-order valence-corrected chi connectivity index (χ3v) is 4.43. The van der Waals surface area contributed by atoms with Crippen molar-refractivity contribution in [1.82, 2.24) is 5.32 Å². The van der Waals surface area contributed by atoms with Crippen molar-refractivity contribution in [2.45, 2.75) is 13.0 Å². The third-order valence-electron chi connectivity index (χ3n) is 4.43. The lowest BCUT2D eigenvalue weighted by Crippen LogP contribution is -3.30. The van der Waals surface area contributed by atoms with Crippen molar-refractivity contribution >= 4 is 17.5 Å². The zero-order chi connectivity index (χ0) is 16.8. The summed E-state index contributed by atoms with van der Waals surface area (Å²) in [5.41, 5.74) is 0.215. The maximum Gasteiger partial charge on any atom is 0.282 e. The highest BCUT2D eigenvalue weighted by Gasteiger charge is 2.31. The van der Waals surface area contributed by atoms with Gasteiger partial charge in [-0.15, -0.1) is 0 Å². The van der Waals surface area contributed by atoms with Gasteiger partial charge in [0.15, 0.2) is 12.6 Å². The first kappa shape index (κ1) is 17.4. The average Bonchev–Trinajstić information content (AvgIpc) is 2.56. The van der Waals surface area contributed by atoms with Gasteiger partial charge in [0.05, 0.1) is 5.69 Å². The summed E-state index contributed by atoms with van der Waals surface area (Å²) in [7, 11) is 1.64. The van der Waals surface area contributed by atoms with Crippen LogP contribution in [0.15, 0.2) is 24.3 Å². The van der Waals surface area contributed by atoms with Crippen LogP contribution < -0.4 is 20.4 Å². The Bertz CT molecular complexity index is 559. The summed E-state index contributed by atoms with van der Waals surface area (Å²) in [5, 5.41) is 5.28. The number of carbonyl (C=O) groups excluding carboxylic acids is 2. The molecule has 0 unspecified atom stereocenters. The number of piperazine rings is 1. The number of nitrogens with one attached hydrogen (secondary N) is 4. The van der Waals surface area contributed by atoms with E-state index >= 15 is 0 Å². The normalized spacial score (nSPS) is 22.2. The first-order chi connectivity index (χ1) is 11.0. The maximum absolute atomic E-state index is 13.6. The lowest BCUT2D eigenvalue weighted by molar-refractivity contribution is -1.01. The number of halogens is 1. The molecule has 23 heavy (non-hydrogen) atoms. The first-order valence-corrected chi connectivity index (χ1v) is 7.95. The highest BCUT2D eigenvalue weighted by molar-refractivity contribution is 5.93. The van der Waals surface area contributed by atoms with Crippen molar-refractivity contribution in [3.8, 4) is 0 Å². The minimum Gasteiger partial charge on any atom is -0.354 e. The van der Waals surface area contributed by atoms with Crippen molar-refractivity contribution in [3.63, 3.8) is 0 Å². The molecule has 2 rings (SSSR count). The van der Waals surface area contributed by atoms with Gasteiger partial charge in [0.2, 0.25) is 0 Å². The molecule has 0 bridgehead atoms. The molecule has 1 saturated heterocycles. The van der Waals surface area contributed by atoms with Crippen molar-refractivity contribution in [2.75, 3.05) is 45.1 Å². The van der Waals surface area contributed by atoms with E-state index in [1.165, 1.54) is 15.9 Å². The molecule has 1 heterocycles. The van der Waals surface area contributed by atoms with Crippen LogP contribution in [0.2, 0.25) is 0 Å². The van der Waals surface area contributed by atoms with Gasteiger partial charge in [-0.2, -0.15) is 0 Å². The molecule has 0 spiro atoms. The summed E-state index contributed by atoms with van der Waals surface area (Å²) in [6.45, 7) is 5.66. The van der Waals surface area contributed by atoms with E-state index in [4.69, 9.17) is 0 Å². The van der Waals surface area contributed by atoms with Crippen LogP contribution in [-0.2, 0) is 9.59 Å². The monoisotopic (exact) mass is 324 g/mol. The Morgan fingerprint density at radius 1 is 1.22 bits per heavy atom. The predicted molar refractivity (Wildman–Crippen MR) is 84.8 cm³/mol. The molecule has 6 nitrogen and oxygen atoms in total. The summed E-state index contributed by atoms with van der Waals surface area (Å²) in [4.78, 5) is 26.1. The van der Waals surface area contributed by atoms with Gasteiger partial charge in [-0.3, -0.25) is 9.59 Å². The number of amides is 2. The van der Waals surface area contributed by atoms with Crippen molar-refractivity contribution in [3.05, 3.63) is 30.1 Å². The fourth-order valence-electron chi connectivity index (χ4n) is 2.84. The van der Waals surface area contributed by atoms with E-state index in [0.717, 1.165) is 26.2 Å². The Morgan fingerprint density at radius 3 is 2.48 bits per heavy atom. The number of quaternary nitrogens is 2. The molecule has 1 aliphatic heterocycles. The average molecular weight is 324 g/mol. The number of hydrogen-bond acceptors (Lipinski definition) is 2. The number of rotatable bonds is 5. The molecule has 1 aliphatic rings. The van der Waals surface area contributed by atoms with E-state index in [-0.39, 0.29) is 23.5 Å². The Balaban J connectivity index is 1.84. The second-order valence-corrected chi connectivity index (χ2v) is 5.95. The van der Waals surface area contributed by atoms with Gasteiger partial charge in [-0.1, -0.05) is 12.1 Å². The van der Waals surface area contributed by atoms with E-state index in [9.17, 15) is 14.0 Å². The molecule has 0 radical (unpaired) electrons. The summed E-state index contributed by atoms with van der Waals surface area (Å²) in [6.07, 6.45) is 0. The van der Waals surface area contributed by atoms with Crippen LogP contribution in [0.5, 0.6) is 0 Å². The quantitative estimate of drug-likeness (QED) is 0.491. The molecule has 1 aromatic rings. The lowest BCUT2D eigenvalue weighted by Gasteiger charge is -2.32. The first-order valence-electron chi connectivity index (χ1n) is 7.95. The molecule has 1 fully saturated rings. The molecule has 126 valence electrons. The number of anilines is 1. The second kappa shape index (κ2) is 8.03. The molecular formula is C16H25FN4O2+2.